The minimum absolute atomic E-state index is 0.103. The summed E-state index contributed by atoms with van der Waals surface area (Å²) in [6.07, 6.45) is 0. The molecule has 2 aliphatic carbocycles. The Hall–Kier alpha value is -5.97. The molecule has 0 aliphatic heterocycles. The summed E-state index contributed by atoms with van der Waals surface area (Å²) in [6.45, 7) is 4.68. The van der Waals surface area contributed by atoms with Crippen LogP contribution in [0.5, 0.6) is 0 Å². The van der Waals surface area contributed by atoms with Gasteiger partial charge in [-0.1, -0.05) is 98.8 Å². The summed E-state index contributed by atoms with van der Waals surface area (Å²) in [7, 11) is 0. The van der Waals surface area contributed by atoms with Crippen molar-refractivity contribution in [3.05, 3.63) is 157 Å². The van der Waals surface area contributed by atoms with Crippen molar-refractivity contribution in [2.75, 3.05) is 4.90 Å². The smallest absolute Gasteiger partial charge is 0.137 e. The van der Waals surface area contributed by atoms with E-state index in [9.17, 15) is 0 Å². The van der Waals surface area contributed by atoms with Crippen molar-refractivity contribution in [1.82, 2.24) is 4.98 Å². The Kier molecular flexibility index (Phi) is 5.61. The molecule has 236 valence electrons. The molecule has 50 heavy (non-hydrogen) atoms. The summed E-state index contributed by atoms with van der Waals surface area (Å²) >= 11 is 1.79. The first-order chi connectivity index (χ1) is 24.5. The van der Waals surface area contributed by atoms with E-state index >= 15 is 0 Å². The molecule has 9 aromatic rings. The molecule has 2 aromatic heterocycles. The van der Waals surface area contributed by atoms with Crippen molar-refractivity contribution in [2.45, 2.75) is 19.3 Å². The van der Waals surface area contributed by atoms with Gasteiger partial charge in [0.15, 0.2) is 0 Å². The number of hydrogen-bond acceptors (Lipinski definition) is 4. The van der Waals surface area contributed by atoms with E-state index in [2.05, 4.69) is 152 Å². The van der Waals surface area contributed by atoms with Crippen molar-refractivity contribution in [3.63, 3.8) is 0 Å². The Balaban J connectivity index is 1.04. The quantitative estimate of drug-likeness (QED) is 0.188. The molecule has 0 amide bonds. The number of para-hydroxylation sites is 1. The van der Waals surface area contributed by atoms with Crippen LogP contribution >= 0.6 is 11.3 Å². The minimum atomic E-state index is -0.103. The molecule has 0 saturated heterocycles. The summed E-state index contributed by atoms with van der Waals surface area (Å²) in [6, 6.07) is 52.6. The van der Waals surface area contributed by atoms with Crippen LogP contribution < -0.4 is 4.90 Å². The van der Waals surface area contributed by atoms with Crippen LogP contribution in [0, 0.1) is 0 Å². The highest BCUT2D eigenvalue weighted by Crippen LogP contribution is 2.53. The lowest BCUT2D eigenvalue weighted by Crippen LogP contribution is -2.16. The lowest BCUT2D eigenvalue weighted by atomic mass is 9.82. The number of rotatable bonds is 4. The Bertz CT molecular complexity index is 2800. The molecule has 0 radical (unpaired) electrons. The second-order valence-corrected chi connectivity index (χ2v) is 15.0. The topological polar surface area (TPSA) is 29.3 Å². The zero-order valence-electron chi connectivity index (χ0n) is 27.6. The summed E-state index contributed by atoms with van der Waals surface area (Å²) in [4.78, 5) is 8.83. The summed E-state index contributed by atoms with van der Waals surface area (Å²) in [5.74, 6) is 0. The first-order valence-corrected chi connectivity index (χ1v) is 17.9. The Morgan fingerprint density at radius 1 is 0.560 bits per heavy atom. The van der Waals surface area contributed by atoms with Gasteiger partial charge in [0.25, 0.3) is 0 Å². The summed E-state index contributed by atoms with van der Waals surface area (Å²) in [5, 5.41) is 5.90. The van der Waals surface area contributed by atoms with Gasteiger partial charge < -0.3 is 9.32 Å². The predicted octanol–water partition coefficient (Wildman–Crippen LogP) is 13.3. The van der Waals surface area contributed by atoms with E-state index in [0.717, 1.165) is 55.3 Å². The first kappa shape index (κ1) is 27.9. The van der Waals surface area contributed by atoms with Gasteiger partial charge in [-0.25, -0.2) is 4.98 Å². The molecule has 0 saturated carbocycles. The van der Waals surface area contributed by atoms with Gasteiger partial charge in [0.1, 0.15) is 16.2 Å². The van der Waals surface area contributed by atoms with Crippen molar-refractivity contribution in [1.29, 1.82) is 0 Å². The van der Waals surface area contributed by atoms with E-state index in [1.807, 2.05) is 12.1 Å². The molecule has 0 unspecified atom stereocenters. The van der Waals surface area contributed by atoms with Crippen LogP contribution in [0.25, 0.3) is 76.1 Å². The molecule has 7 aromatic carbocycles. The van der Waals surface area contributed by atoms with Crippen molar-refractivity contribution < 1.29 is 4.42 Å². The minimum Gasteiger partial charge on any atom is -0.456 e. The second kappa shape index (κ2) is 10.0. The molecule has 4 heteroatoms. The average molecular weight is 659 g/mol. The number of benzene rings is 7. The van der Waals surface area contributed by atoms with Gasteiger partial charge in [-0.15, -0.1) is 11.3 Å². The van der Waals surface area contributed by atoms with Gasteiger partial charge in [-0.2, -0.15) is 0 Å². The lowest BCUT2D eigenvalue weighted by molar-refractivity contribution is 0.660. The number of nitrogens with zero attached hydrogens (tertiary/aromatic N) is 2. The third-order valence-corrected chi connectivity index (χ3v) is 12.0. The van der Waals surface area contributed by atoms with Gasteiger partial charge in [-0.3, -0.25) is 0 Å². The average Bonchev–Trinajstić information content (AvgIpc) is 3.89. The molecular formula is C46H30N2OS. The highest BCUT2D eigenvalue weighted by Gasteiger charge is 2.36. The van der Waals surface area contributed by atoms with E-state index in [0.29, 0.717) is 0 Å². The Morgan fingerprint density at radius 3 is 2.12 bits per heavy atom. The molecule has 3 nitrogen and oxygen atoms in total. The highest BCUT2D eigenvalue weighted by molar-refractivity contribution is 7.19. The van der Waals surface area contributed by atoms with Crippen LogP contribution in [0.2, 0.25) is 0 Å². The standard InChI is InChI=1S/C46H30N2OS/c1-46(2)38-15-5-3-11-32(38)33-23-21-30(25-39(33)46)48(31-22-24-35-34-12-4-6-16-40(34)49-41(35)26-31)29-19-17-28(18-20-29)45-47-43-36-13-7-9-27-10-8-14-37(42(27)36)44(43)50-45/h3-26H,1-2H3. The Morgan fingerprint density at radius 2 is 1.24 bits per heavy atom. The monoisotopic (exact) mass is 658 g/mol. The van der Waals surface area contributed by atoms with E-state index < -0.39 is 0 Å². The van der Waals surface area contributed by atoms with Crippen LogP contribution in [0.1, 0.15) is 25.0 Å². The van der Waals surface area contributed by atoms with E-state index in [-0.39, 0.29) is 5.41 Å². The van der Waals surface area contributed by atoms with Gasteiger partial charge >= 0.3 is 0 Å². The van der Waals surface area contributed by atoms with E-state index in [1.165, 1.54) is 49.0 Å². The zero-order valence-corrected chi connectivity index (χ0v) is 28.4. The van der Waals surface area contributed by atoms with Gasteiger partial charge in [-0.05, 0) is 87.6 Å². The number of anilines is 3. The lowest BCUT2D eigenvalue weighted by Gasteiger charge is -2.28. The molecule has 2 heterocycles. The SMILES string of the molecule is CC1(C)c2ccccc2-c2ccc(N(c3ccc(-c4nc5c(s4)-c4cccc6cccc-5c46)cc3)c3ccc4c(c3)oc3ccccc34)cc21. The van der Waals surface area contributed by atoms with Crippen molar-refractivity contribution in [2.24, 2.45) is 0 Å². The molecule has 11 rings (SSSR count). The second-order valence-electron chi connectivity index (χ2n) is 14.0. The fourth-order valence-electron chi connectivity index (χ4n) is 8.42. The molecule has 0 spiro atoms. The predicted molar refractivity (Wildman–Crippen MR) is 209 cm³/mol. The van der Waals surface area contributed by atoms with Gasteiger partial charge in [0.05, 0.1) is 10.6 Å². The maximum absolute atomic E-state index is 6.38. The van der Waals surface area contributed by atoms with Crippen LogP contribution in [-0.2, 0) is 5.41 Å². The van der Waals surface area contributed by atoms with Crippen molar-refractivity contribution in [3.8, 4) is 43.4 Å². The van der Waals surface area contributed by atoms with E-state index in [4.69, 9.17) is 9.40 Å². The molecule has 0 atom stereocenters. The number of thiazole rings is 1. The fourth-order valence-corrected chi connectivity index (χ4v) is 9.54. The van der Waals surface area contributed by atoms with Crippen LogP contribution in [0.15, 0.2) is 150 Å². The molecule has 0 fully saturated rings. The molecule has 0 bridgehead atoms. The third kappa shape index (κ3) is 3.82. The van der Waals surface area contributed by atoms with Crippen LogP contribution in [0.3, 0.4) is 0 Å². The largest absolute Gasteiger partial charge is 0.456 e. The summed E-state index contributed by atoms with van der Waals surface area (Å²) < 4.78 is 6.38. The van der Waals surface area contributed by atoms with Gasteiger partial charge in [0.2, 0.25) is 0 Å². The highest BCUT2D eigenvalue weighted by atomic mass is 32.1. The van der Waals surface area contributed by atoms with Crippen LogP contribution in [-0.4, -0.2) is 4.98 Å². The molecule has 2 aliphatic rings. The number of aromatic nitrogens is 1. The Labute approximate surface area is 293 Å². The van der Waals surface area contributed by atoms with Crippen molar-refractivity contribution >= 4 is 61.1 Å². The molecular weight excluding hydrogens is 629 g/mol. The number of hydrogen-bond donors (Lipinski definition) is 0. The molecule has 0 N–H and O–H groups in total. The first-order valence-electron chi connectivity index (χ1n) is 17.1. The zero-order chi connectivity index (χ0) is 33.1. The van der Waals surface area contributed by atoms with Crippen LogP contribution in [0.4, 0.5) is 17.1 Å². The fraction of sp³-hybridized carbons (Fsp3) is 0.0652. The number of furan rings is 1. The van der Waals surface area contributed by atoms with Gasteiger partial charge in [0, 0.05) is 56.0 Å². The maximum atomic E-state index is 6.38. The maximum Gasteiger partial charge on any atom is 0.137 e. The number of fused-ring (bicyclic) bond motifs is 9. The summed E-state index contributed by atoms with van der Waals surface area (Å²) in [5.41, 5.74) is 15.0. The van der Waals surface area contributed by atoms with E-state index in [1.54, 1.807) is 11.3 Å². The third-order valence-electron chi connectivity index (χ3n) is 10.8. The normalized spacial score (nSPS) is 13.6.